The molecule has 3 rings (SSSR count). The lowest BCUT2D eigenvalue weighted by atomic mass is 9.78. The first-order valence-electron chi connectivity index (χ1n) is 12.7. The lowest BCUT2D eigenvalue weighted by Crippen LogP contribution is -2.67. The number of amides is 3. The Labute approximate surface area is 231 Å². The van der Waals surface area contributed by atoms with E-state index >= 15 is 0 Å². The topological polar surface area (TPSA) is 149 Å². The van der Waals surface area contributed by atoms with Gasteiger partial charge in [-0.05, 0) is 42.4 Å². The number of nitrogens with two attached hydrogens (primary N) is 1. The van der Waals surface area contributed by atoms with Crippen LogP contribution in [0.1, 0.15) is 58.2 Å². The van der Waals surface area contributed by atoms with E-state index in [0.717, 1.165) is 5.69 Å². The SMILES string of the molecule is CC[C@H](C)C(NC(=O)O)C(=O)N[C@]1(C(=O)NC(C(N)=S)[C@@H](C)CC)CCc2[nH]c3c(Cl)cc(F)cc3c2C1. The Morgan fingerprint density at radius 2 is 1.82 bits per heavy atom. The number of fused-ring (bicyclic) bond motifs is 3. The van der Waals surface area contributed by atoms with Crippen LogP contribution in [0.5, 0.6) is 0 Å². The molecule has 1 aliphatic carbocycles. The van der Waals surface area contributed by atoms with Gasteiger partial charge in [0.25, 0.3) is 0 Å². The first-order valence-corrected chi connectivity index (χ1v) is 13.5. The predicted molar refractivity (Wildman–Crippen MR) is 149 cm³/mol. The molecule has 0 fully saturated rings. The summed E-state index contributed by atoms with van der Waals surface area (Å²) in [4.78, 5) is 42.3. The fraction of sp³-hybridized carbons (Fsp3) is 0.538. The number of carbonyl (C=O) groups excluding carboxylic acids is 2. The summed E-state index contributed by atoms with van der Waals surface area (Å²) in [7, 11) is 0. The van der Waals surface area contributed by atoms with Gasteiger partial charge in [-0.2, -0.15) is 0 Å². The second-order valence-corrected chi connectivity index (χ2v) is 11.1. The number of hydrogen-bond donors (Lipinski definition) is 6. The van der Waals surface area contributed by atoms with Gasteiger partial charge in [0, 0.05) is 17.5 Å². The monoisotopic (exact) mass is 567 g/mol. The van der Waals surface area contributed by atoms with Gasteiger partial charge in [-0.3, -0.25) is 9.59 Å². The minimum atomic E-state index is -1.47. The maximum Gasteiger partial charge on any atom is 0.405 e. The lowest BCUT2D eigenvalue weighted by molar-refractivity contribution is -0.136. The van der Waals surface area contributed by atoms with E-state index in [2.05, 4.69) is 20.9 Å². The van der Waals surface area contributed by atoms with Gasteiger partial charge in [-0.25, -0.2) is 9.18 Å². The number of thiocarbonyl (C=S) groups is 1. The second-order valence-electron chi connectivity index (χ2n) is 10.2. The highest BCUT2D eigenvalue weighted by atomic mass is 35.5. The fourth-order valence-electron chi connectivity index (χ4n) is 4.99. The largest absolute Gasteiger partial charge is 0.465 e. The van der Waals surface area contributed by atoms with E-state index in [1.165, 1.54) is 12.1 Å². The molecule has 0 aliphatic heterocycles. The van der Waals surface area contributed by atoms with Crippen LogP contribution in [0.2, 0.25) is 5.02 Å². The number of aryl methyl sites for hydroxylation is 1. The van der Waals surface area contributed by atoms with Crippen molar-refractivity contribution in [1.29, 1.82) is 0 Å². The van der Waals surface area contributed by atoms with E-state index in [9.17, 15) is 23.9 Å². The Morgan fingerprint density at radius 3 is 2.39 bits per heavy atom. The molecule has 38 heavy (non-hydrogen) atoms. The number of H-pyrrole nitrogens is 1. The summed E-state index contributed by atoms with van der Waals surface area (Å²) in [5.41, 5.74) is 6.48. The average molecular weight is 568 g/mol. The van der Waals surface area contributed by atoms with Crippen LogP contribution in [-0.4, -0.2) is 50.6 Å². The van der Waals surface area contributed by atoms with Crippen molar-refractivity contribution in [2.45, 2.75) is 77.4 Å². The van der Waals surface area contributed by atoms with Gasteiger partial charge in [0.15, 0.2) is 0 Å². The molecule has 1 aromatic heterocycles. The van der Waals surface area contributed by atoms with Crippen molar-refractivity contribution in [2.75, 3.05) is 0 Å². The number of aromatic amines is 1. The molecule has 3 amide bonds. The first kappa shape index (κ1) is 29.6. The van der Waals surface area contributed by atoms with Gasteiger partial charge >= 0.3 is 6.09 Å². The van der Waals surface area contributed by atoms with E-state index in [0.29, 0.717) is 35.7 Å². The summed E-state index contributed by atoms with van der Waals surface area (Å²) in [6.07, 6.45) is 0.475. The van der Waals surface area contributed by atoms with Crippen molar-refractivity contribution in [3.8, 4) is 0 Å². The fourth-order valence-corrected chi connectivity index (χ4v) is 5.53. The number of halogens is 2. The van der Waals surface area contributed by atoms with E-state index in [1.807, 2.05) is 20.8 Å². The van der Waals surface area contributed by atoms with Gasteiger partial charge in [-0.1, -0.05) is 64.4 Å². The Balaban J connectivity index is 2.08. The third kappa shape index (κ3) is 6.04. The number of benzene rings is 1. The van der Waals surface area contributed by atoms with Crippen LogP contribution in [0.4, 0.5) is 9.18 Å². The molecule has 0 bridgehead atoms. The Kier molecular flexibility index (Phi) is 9.25. The summed E-state index contributed by atoms with van der Waals surface area (Å²) in [5, 5.41) is 18.2. The molecule has 1 aliphatic rings. The van der Waals surface area contributed by atoms with E-state index in [-0.39, 0.29) is 34.7 Å². The molecule has 0 spiro atoms. The van der Waals surface area contributed by atoms with Crippen molar-refractivity contribution >= 4 is 57.6 Å². The summed E-state index contributed by atoms with van der Waals surface area (Å²) >= 11 is 11.5. The molecule has 1 heterocycles. The summed E-state index contributed by atoms with van der Waals surface area (Å²) in [6, 6.07) is 0.854. The molecule has 2 unspecified atom stereocenters. The molecular formula is C26H35ClFN5O4S. The summed E-state index contributed by atoms with van der Waals surface area (Å²) < 4.78 is 14.3. The standard InChI is InChI=1S/C26H35ClFN5O4S/c1-5-12(3)19(22(29)38)31-24(35)26(33-23(34)20(13(4)6-2)32-25(36)37)8-7-18-16(11-26)15-9-14(28)10-17(27)21(15)30-18/h9-10,12-13,19-20,30,32H,5-8,11H2,1-4H3,(H2,29,38)(H,31,35)(H,33,34)(H,36,37)/t12-,13-,19?,20?,26+/m0/s1. The van der Waals surface area contributed by atoms with Crippen LogP contribution < -0.4 is 21.7 Å². The maximum atomic E-state index is 14.3. The first-order chi connectivity index (χ1) is 17.8. The minimum absolute atomic E-state index is 0.0323. The van der Waals surface area contributed by atoms with Gasteiger partial charge in [0.1, 0.15) is 17.4 Å². The third-order valence-corrected chi connectivity index (χ3v) is 8.23. The zero-order valence-electron chi connectivity index (χ0n) is 21.9. The lowest BCUT2D eigenvalue weighted by Gasteiger charge is -2.39. The molecule has 0 radical (unpaired) electrons. The summed E-state index contributed by atoms with van der Waals surface area (Å²) in [6.45, 7) is 7.45. The molecule has 7 N–H and O–H groups in total. The van der Waals surface area contributed by atoms with Crippen LogP contribution >= 0.6 is 23.8 Å². The number of rotatable bonds is 10. The third-order valence-electron chi connectivity index (χ3n) is 7.68. The Hall–Kier alpha value is -2.92. The van der Waals surface area contributed by atoms with Gasteiger partial charge in [-0.15, -0.1) is 0 Å². The highest BCUT2D eigenvalue weighted by Crippen LogP contribution is 2.37. The maximum absolute atomic E-state index is 14.3. The van der Waals surface area contributed by atoms with E-state index in [4.69, 9.17) is 29.6 Å². The molecular weight excluding hydrogens is 533 g/mol. The van der Waals surface area contributed by atoms with Crippen LogP contribution in [0.3, 0.4) is 0 Å². The molecule has 1 aromatic carbocycles. The van der Waals surface area contributed by atoms with Gasteiger partial charge in [0.2, 0.25) is 11.8 Å². The average Bonchev–Trinajstić information content (AvgIpc) is 3.22. The van der Waals surface area contributed by atoms with Crippen LogP contribution in [0.25, 0.3) is 10.9 Å². The normalized spacial score (nSPS) is 20.1. The smallest absolute Gasteiger partial charge is 0.405 e. The zero-order chi connectivity index (χ0) is 28.4. The van der Waals surface area contributed by atoms with Crippen molar-refractivity contribution in [3.05, 3.63) is 34.2 Å². The zero-order valence-corrected chi connectivity index (χ0v) is 23.5. The predicted octanol–water partition coefficient (Wildman–Crippen LogP) is 3.80. The minimum Gasteiger partial charge on any atom is -0.465 e. The highest BCUT2D eigenvalue weighted by Gasteiger charge is 2.46. The van der Waals surface area contributed by atoms with Crippen LogP contribution in [-0.2, 0) is 22.4 Å². The molecule has 2 aromatic rings. The van der Waals surface area contributed by atoms with Gasteiger partial charge < -0.3 is 31.8 Å². The molecule has 9 nitrogen and oxygen atoms in total. The molecule has 0 saturated heterocycles. The Bertz CT molecular complexity index is 1250. The second kappa shape index (κ2) is 11.9. The van der Waals surface area contributed by atoms with Gasteiger partial charge in [0.05, 0.1) is 21.6 Å². The van der Waals surface area contributed by atoms with E-state index in [1.54, 1.807) is 6.92 Å². The molecule has 208 valence electrons. The number of carboxylic acid groups (broad SMARTS) is 1. The molecule has 12 heteroatoms. The number of aromatic nitrogens is 1. The highest BCUT2D eigenvalue weighted by molar-refractivity contribution is 7.80. The molecule has 0 saturated carbocycles. The van der Waals surface area contributed by atoms with Crippen LogP contribution in [0, 0.1) is 17.7 Å². The van der Waals surface area contributed by atoms with Crippen molar-refractivity contribution < 1.29 is 23.9 Å². The number of carbonyl (C=O) groups is 3. The summed E-state index contributed by atoms with van der Waals surface area (Å²) in [5.74, 6) is -2.05. The number of nitrogens with one attached hydrogen (secondary N) is 4. The number of hydrogen-bond acceptors (Lipinski definition) is 4. The molecule has 5 atom stereocenters. The van der Waals surface area contributed by atoms with Crippen molar-refractivity contribution in [1.82, 2.24) is 20.9 Å². The Morgan fingerprint density at radius 1 is 1.18 bits per heavy atom. The van der Waals surface area contributed by atoms with E-state index < -0.39 is 41.3 Å². The van der Waals surface area contributed by atoms with Crippen molar-refractivity contribution in [3.63, 3.8) is 0 Å². The van der Waals surface area contributed by atoms with Crippen LogP contribution in [0.15, 0.2) is 12.1 Å². The quantitative estimate of drug-likeness (QED) is 0.240. The van der Waals surface area contributed by atoms with Crippen molar-refractivity contribution in [2.24, 2.45) is 17.6 Å².